The number of rotatable bonds is 5. The zero-order valence-corrected chi connectivity index (χ0v) is 11.5. The fraction of sp³-hybridized carbons (Fsp3) is 0.500. The van der Waals surface area contributed by atoms with Gasteiger partial charge >= 0.3 is 0 Å². The van der Waals surface area contributed by atoms with Crippen molar-refractivity contribution in [1.82, 2.24) is 10.2 Å². The molecule has 1 saturated heterocycles. The maximum Gasteiger partial charge on any atom is 0.237 e. The van der Waals surface area contributed by atoms with Crippen molar-refractivity contribution < 1.29 is 13.9 Å². The molecule has 0 spiro atoms. The second kappa shape index (κ2) is 6.67. The minimum Gasteiger partial charge on any atom is -0.492 e. The lowest BCUT2D eigenvalue weighted by Crippen LogP contribution is -2.43. The van der Waals surface area contributed by atoms with Gasteiger partial charge < -0.3 is 15.8 Å². The molecule has 3 N–H and O–H groups in total. The molecule has 0 aliphatic carbocycles. The van der Waals surface area contributed by atoms with Crippen molar-refractivity contribution in [3.8, 4) is 5.75 Å². The summed E-state index contributed by atoms with van der Waals surface area (Å²) in [6.45, 7) is 1.74. The van der Waals surface area contributed by atoms with Crippen LogP contribution in [-0.4, -0.2) is 49.6 Å². The Morgan fingerprint density at radius 1 is 1.50 bits per heavy atom. The van der Waals surface area contributed by atoms with Gasteiger partial charge in [0.25, 0.3) is 0 Å². The number of likely N-dealkylation sites (tertiary alicyclic amines) is 1. The molecule has 6 heteroatoms. The Labute approximate surface area is 117 Å². The third kappa shape index (κ3) is 3.68. The first kappa shape index (κ1) is 14.7. The average Bonchev–Trinajstić information content (AvgIpc) is 2.81. The Morgan fingerprint density at radius 2 is 2.20 bits per heavy atom. The van der Waals surface area contributed by atoms with E-state index in [1.807, 2.05) is 4.90 Å². The number of carbonyl (C=O) groups excluding carboxylic acids is 1. The van der Waals surface area contributed by atoms with Gasteiger partial charge in [0.2, 0.25) is 5.91 Å². The standard InChI is InChI=1S/C14H20FN3O2/c1-17-14(19)13-8-11(16)9-18(13)6-7-20-12-4-2-10(15)3-5-12/h2-5,11,13H,6-9,16H2,1H3,(H,17,19)/t11-,13+/m1/s1. The van der Waals surface area contributed by atoms with Crippen molar-refractivity contribution in [2.24, 2.45) is 5.73 Å². The summed E-state index contributed by atoms with van der Waals surface area (Å²) in [5.41, 5.74) is 5.90. The SMILES string of the molecule is CNC(=O)[C@@H]1C[C@@H](N)CN1CCOc1ccc(F)cc1. The summed E-state index contributed by atoms with van der Waals surface area (Å²) in [6.07, 6.45) is 0.663. The van der Waals surface area contributed by atoms with Gasteiger partial charge in [-0.15, -0.1) is 0 Å². The fourth-order valence-electron chi connectivity index (χ4n) is 2.44. The first-order valence-corrected chi connectivity index (χ1v) is 6.69. The largest absolute Gasteiger partial charge is 0.492 e. The van der Waals surface area contributed by atoms with Crippen LogP contribution in [0.3, 0.4) is 0 Å². The van der Waals surface area contributed by atoms with Crippen molar-refractivity contribution in [3.63, 3.8) is 0 Å². The number of benzene rings is 1. The van der Waals surface area contributed by atoms with Crippen LogP contribution in [0.15, 0.2) is 24.3 Å². The van der Waals surface area contributed by atoms with Gasteiger partial charge in [0, 0.05) is 26.2 Å². The van der Waals surface area contributed by atoms with Crippen LogP contribution in [0.25, 0.3) is 0 Å². The molecule has 1 fully saturated rings. The minimum atomic E-state index is -0.289. The average molecular weight is 281 g/mol. The number of likely N-dealkylation sites (N-methyl/N-ethyl adjacent to an activating group) is 1. The van der Waals surface area contributed by atoms with Gasteiger partial charge in [0.1, 0.15) is 18.2 Å². The number of nitrogens with two attached hydrogens (primary N) is 1. The molecule has 1 aliphatic rings. The number of hydrogen-bond acceptors (Lipinski definition) is 4. The highest BCUT2D eigenvalue weighted by Gasteiger charge is 2.34. The molecular weight excluding hydrogens is 261 g/mol. The quantitative estimate of drug-likeness (QED) is 0.817. The highest BCUT2D eigenvalue weighted by atomic mass is 19.1. The van der Waals surface area contributed by atoms with E-state index in [1.54, 1.807) is 19.2 Å². The van der Waals surface area contributed by atoms with Crippen LogP contribution in [0, 0.1) is 5.82 Å². The second-order valence-corrected chi connectivity index (χ2v) is 4.92. The molecule has 0 radical (unpaired) electrons. The van der Waals surface area contributed by atoms with Gasteiger partial charge in [-0.1, -0.05) is 0 Å². The van der Waals surface area contributed by atoms with Gasteiger partial charge in [-0.2, -0.15) is 0 Å². The molecule has 1 amide bonds. The Hall–Kier alpha value is -1.66. The van der Waals surface area contributed by atoms with E-state index in [4.69, 9.17) is 10.5 Å². The molecule has 2 rings (SSSR count). The summed E-state index contributed by atoms with van der Waals surface area (Å²) >= 11 is 0. The topological polar surface area (TPSA) is 67.6 Å². The van der Waals surface area contributed by atoms with E-state index < -0.39 is 0 Å². The molecule has 1 aromatic carbocycles. The molecule has 1 aliphatic heterocycles. The number of carbonyl (C=O) groups is 1. The van der Waals surface area contributed by atoms with Crippen molar-refractivity contribution in [2.45, 2.75) is 18.5 Å². The third-order valence-electron chi connectivity index (χ3n) is 3.45. The number of hydrogen-bond donors (Lipinski definition) is 2. The monoisotopic (exact) mass is 281 g/mol. The van der Waals surface area contributed by atoms with Gasteiger partial charge in [-0.05, 0) is 30.7 Å². The van der Waals surface area contributed by atoms with Crippen molar-refractivity contribution in [1.29, 1.82) is 0 Å². The van der Waals surface area contributed by atoms with E-state index in [1.165, 1.54) is 12.1 Å². The molecular formula is C14H20FN3O2. The zero-order chi connectivity index (χ0) is 14.5. The number of ether oxygens (including phenoxy) is 1. The summed E-state index contributed by atoms with van der Waals surface area (Å²) < 4.78 is 18.3. The number of nitrogens with zero attached hydrogens (tertiary/aromatic N) is 1. The first-order chi connectivity index (χ1) is 9.60. The smallest absolute Gasteiger partial charge is 0.237 e. The Balaban J connectivity index is 1.83. The van der Waals surface area contributed by atoms with Crippen LogP contribution in [0.2, 0.25) is 0 Å². The molecule has 0 aromatic heterocycles. The maximum atomic E-state index is 12.8. The van der Waals surface area contributed by atoms with Crippen LogP contribution in [0.5, 0.6) is 5.75 Å². The molecule has 2 atom stereocenters. The highest BCUT2D eigenvalue weighted by Crippen LogP contribution is 2.17. The van der Waals surface area contributed by atoms with E-state index >= 15 is 0 Å². The lowest BCUT2D eigenvalue weighted by molar-refractivity contribution is -0.125. The van der Waals surface area contributed by atoms with Gasteiger partial charge in [-0.3, -0.25) is 9.69 Å². The summed E-state index contributed by atoms with van der Waals surface area (Å²) in [4.78, 5) is 13.8. The van der Waals surface area contributed by atoms with Crippen molar-refractivity contribution in [3.05, 3.63) is 30.1 Å². The Morgan fingerprint density at radius 3 is 2.85 bits per heavy atom. The maximum absolute atomic E-state index is 12.8. The van der Waals surface area contributed by atoms with Crippen molar-refractivity contribution >= 4 is 5.91 Å². The molecule has 0 bridgehead atoms. The summed E-state index contributed by atoms with van der Waals surface area (Å²) in [5.74, 6) is 0.314. The molecule has 110 valence electrons. The third-order valence-corrected chi connectivity index (χ3v) is 3.45. The highest BCUT2D eigenvalue weighted by molar-refractivity contribution is 5.81. The summed E-state index contributed by atoms with van der Waals surface area (Å²) in [5, 5.41) is 2.65. The van der Waals surface area contributed by atoms with Crippen LogP contribution < -0.4 is 15.8 Å². The van der Waals surface area contributed by atoms with E-state index in [-0.39, 0.29) is 23.8 Å². The Bertz CT molecular complexity index is 452. The molecule has 0 saturated carbocycles. The lowest BCUT2D eigenvalue weighted by atomic mass is 10.1. The van der Waals surface area contributed by atoms with Crippen LogP contribution >= 0.6 is 0 Å². The first-order valence-electron chi connectivity index (χ1n) is 6.69. The predicted molar refractivity (Wildman–Crippen MR) is 73.9 cm³/mol. The molecule has 1 heterocycles. The normalized spacial score (nSPS) is 22.8. The van der Waals surface area contributed by atoms with Gasteiger partial charge in [-0.25, -0.2) is 4.39 Å². The number of nitrogens with one attached hydrogen (secondary N) is 1. The number of amides is 1. The van der Waals surface area contributed by atoms with E-state index in [9.17, 15) is 9.18 Å². The summed E-state index contributed by atoms with van der Waals surface area (Å²) in [7, 11) is 1.62. The van der Waals surface area contributed by atoms with E-state index in [0.717, 1.165) is 0 Å². The molecule has 0 unspecified atom stereocenters. The lowest BCUT2D eigenvalue weighted by Gasteiger charge is -2.22. The predicted octanol–water partition coefficient (Wildman–Crippen LogP) is 0.352. The van der Waals surface area contributed by atoms with Gasteiger partial charge in [0.05, 0.1) is 6.04 Å². The zero-order valence-electron chi connectivity index (χ0n) is 11.5. The second-order valence-electron chi connectivity index (χ2n) is 4.92. The van der Waals surface area contributed by atoms with Gasteiger partial charge in [0.15, 0.2) is 0 Å². The summed E-state index contributed by atoms with van der Waals surface area (Å²) in [6, 6.07) is 5.71. The van der Waals surface area contributed by atoms with Crippen LogP contribution in [0.4, 0.5) is 4.39 Å². The Kier molecular flexibility index (Phi) is 4.92. The minimum absolute atomic E-state index is 0.0141. The molecule has 20 heavy (non-hydrogen) atoms. The van der Waals surface area contributed by atoms with Crippen LogP contribution in [0.1, 0.15) is 6.42 Å². The molecule has 1 aromatic rings. The molecule has 5 nitrogen and oxygen atoms in total. The number of halogens is 1. The fourth-order valence-corrected chi connectivity index (χ4v) is 2.44. The van der Waals surface area contributed by atoms with E-state index in [2.05, 4.69) is 5.32 Å². The van der Waals surface area contributed by atoms with E-state index in [0.29, 0.717) is 31.9 Å². The van der Waals surface area contributed by atoms with Crippen LogP contribution in [-0.2, 0) is 4.79 Å². The van der Waals surface area contributed by atoms with Crippen molar-refractivity contribution in [2.75, 3.05) is 26.7 Å².